The van der Waals surface area contributed by atoms with Crippen molar-refractivity contribution < 1.29 is 19.1 Å². The minimum Gasteiger partial charge on any atom is -0.484 e. The molecular weight excluding hydrogens is 358 g/mol. The van der Waals surface area contributed by atoms with E-state index >= 15 is 0 Å². The zero-order chi connectivity index (χ0) is 19.3. The number of nitrogens with one attached hydrogen (secondary N) is 2. The monoisotopic (exact) mass is 381 g/mol. The molecule has 0 aromatic heterocycles. The third-order valence-electron chi connectivity index (χ3n) is 4.87. The van der Waals surface area contributed by atoms with E-state index in [1.165, 1.54) is 0 Å². The van der Waals surface area contributed by atoms with E-state index in [0.717, 1.165) is 35.7 Å². The van der Waals surface area contributed by atoms with E-state index in [4.69, 9.17) is 9.47 Å². The van der Waals surface area contributed by atoms with Crippen LogP contribution in [0.15, 0.2) is 42.5 Å². The van der Waals surface area contributed by atoms with Crippen molar-refractivity contribution in [1.82, 2.24) is 0 Å². The van der Waals surface area contributed by atoms with E-state index < -0.39 is 0 Å². The van der Waals surface area contributed by atoms with Crippen LogP contribution in [0.2, 0.25) is 0 Å². The van der Waals surface area contributed by atoms with Crippen LogP contribution in [0.5, 0.6) is 5.75 Å². The molecule has 28 heavy (non-hydrogen) atoms. The van der Waals surface area contributed by atoms with Crippen LogP contribution in [0.25, 0.3) is 0 Å². The lowest BCUT2D eigenvalue weighted by molar-refractivity contribution is -0.118. The summed E-state index contributed by atoms with van der Waals surface area (Å²) in [5.41, 5.74) is 3.59. The maximum absolute atomic E-state index is 12.4. The average molecular weight is 381 g/mol. The minimum absolute atomic E-state index is 0.0273. The van der Waals surface area contributed by atoms with Crippen LogP contribution in [0.4, 0.5) is 17.1 Å². The first-order valence-corrected chi connectivity index (χ1v) is 9.46. The van der Waals surface area contributed by atoms with Crippen LogP contribution in [-0.4, -0.2) is 44.7 Å². The van der Waals surface area contributed by atoms with Gasteiger partial charge in [0.05, 0.1) is 24.6 Å². The molecule has 2 aromatic carbocycles. The number of ether oxygens (including phenoxy) is 2. The molecule has 0 spiro atoms. The molecule has 2 heterocycles. The first kappa shape index (κ1) is 18.3. The molecular formula is C21H23N3O4. The lowest BCUT2D eigenvalue weighted by atomic mass is 10.0. The van der Waals surface area contributed by atoms with Gasteiger partial charge in [0.1, 0.15) is 5.75 Å². The van der Waals surface area contributed by atoms with E-state index in [0.29, 0.717) is 31.8 Å². The third kappa shape index (κ3) is 4.26. The van der Waals surface area contributed by atoms with Gasteiger partial charge in [-0.25, -0.2) is 0 Å². The maximum atomic E-state index is 12.4. The number of hydrogen-bond acceptors (Lipinski definition) is 5. The molecule has 2 aliphatic heterocycles. The van der Waals surface area contributed by atoms with E-state index in [1.807, 2.05) is 36.4 Å². The first-order chi connectivity index (χ1) is 13.7. The van der Waals surface area contributed by atoms with E-state index in [-0.39, 0.29) is 18.4 Å². The zero-order valence-corrected chi connectivity index (χ0v) is 15.6. The molecule has 146 valence electrons. The summed E-state index contributed by atoms with van der Waals surface area (Å²) in [4.78, 5) is 26.1. The van der Waals surface area contributed by atoms with Crippen molar-refractivity contribution in [3.8, 4) is 5.75 Å². The van der Waals surface area contributed by atoms with Crippen LogP contribution >= 0.6 is 0 Å². The van der Waals surface area contributed by atoms with Gasteiger partial charge in [0, 0.05) is 25.2 Å². The number of carbonyl (C=O) groups excluding carboxylic acids is 2. The van der Waals surface area contributed by atoms with Gasteiger partial charge in [-0.2, -0.15) is 0 Å². The van der Waals surface area contributed by atoms with E-state index in [9.17, 15) is 9.59 Å². The van der Waals surface area contributed by atoms with Gasteiger partial charge >= 0.3 is 0 Å². The summed E-state index contributed by atoms with van der Waals surface area (Å²) in [6.45, 7) is 2.89. The van der Waals surface area contributed by atoms with E-state index in [1.54, 1.807) is 6.07 Å². The van der Waals surface area contributed by atoms with Crippen LogP contribution in [-0.2, 0) is 20.7 Å². The maximum Gasteiger partial charge on any atom is 0.262 e. The SMILES string of the molecule is O=C1CCc2cc(OCC(=O)Nc3ccccc3N3CCOCC3)ccc2N1. The Morgan fingerprint density at radius 2 is 1.96 bits per heavy atom. The highest BCUT2D eigenvalue weighted by Gasteiger charge is 2.17. The second kappa shape index (κ2) is 8.31. The standard InChI is InChI=1S/C21H23N3O4/c25-20-8-5-15-13-16(6-7-17(15)22-20)28-14-21(26)23-18-3-1-2-4-19(18)24-9-11-27-12-10-24/h1-4,6-7,13H,5,8-12,14H2,(H,22,25)(H,23,26). The second-order valence-corrected chi connectivity index (χ2v) is 6.82. The van der Waals surface area contributed by atoms with Crippen molar-refractivity contribution in [2.24, 2.45) is 0 Å². The van der Waals surface area contributed by atoms with Gasteiger partial charge in [0.2, 0.25) is 5.91 Å². The zero-order valence-electron chi connectivity index (χ0n) is 15.6. The quantitative estimate of drug-likeness (QED) is 0.832. The summed E-state index contributed by atoms with van der Waals surface area (Å²) in [5.74, 6) is 0.428. The molecule has 0 aliphatic carbocycles. The fourth-order valence-electron chi connectivity index (χ4n) is 3.44. The van der Waals surface area contributed by atoms with Crippen LogP contribution < -0.4 is 20.3 Å². The van der Waals surface area contributed by atoms with Gasteiger partial charge in [-0.05, 0) is 42.3 Å². The van der Waals surface area contributed by atoms with Crippen molar-refractivity contribution in [2.45, 2.75) is 12.8 Å². The number of para-hydroxylation sites is 2. The molecule has 7 nitrogen and oxygen atoms in total. The summed E-state index contributed by atoms with van der Waals surface area (Å²) in [6, 6.07) is 13.2. The van der Waals surface area contributed by atoms with Gasteiger partial charge in [0.25, 0.3) is 5.91 Å². The highest BCUT2D eigenvalue weighted by atomic mass is 16.5. The van der Waals surface area contributed by atoms with Crippen LogP contribution in [0, 0.1) is 0 Å². The van der Waals surface area contributed by atoms with Gasteiger partial charge in [-0.3, -0.25) is 9.59 Å². The predicted octanol–water partition coefficient (Wildman–Crippen LogP) is 2.43. The highest BCUT2D eigenvalue weighted by molar-refractivity contribution is 5.95. The Morgan fingerprint density at radius 1 is 1.14 bits per heavy atom. The number of hydrogen-bond donors (Lipinski definition) is 2. The molecule has 0 bridgehead atoms. The Bertz CT molecular complexity index is 878. The summed E-state index contributed by atoms with van der Waals surface area (Å²) in [5, 5.41) is 5.78. The van der Waals surface area contributed by atoms with Crippen molar-refractivity contribution in [3.05, 3.63) is 48.0 Å². The number of nitrogens with zero attached hydrogens (tertiary/aromatic N) is 1. The molecule has 2 aliphatic rings. The number of fused-ring (bicyclic) bond motifs is 1. The Kier molecular flexibility index (Phi) is 5.43. The average Bonchev–Trinajstić information content (AvgIpc) is 2.73. The molecule has 4 rings (SSSR count). The number of aryl methyl sites for hydroxylation is 1. The molecule has 0 unspecified atom stereocenters. The molecule has 0 radical (unpaired) electrons. The predicted molar refractivity (Wildman–Crippen MR) is 107 cm³/mol. The lowest BCUT2D eigenvalue weighted by Crippen LogP contribution is -2.37. The number of rotatable bonds is 5. The lowest BCUT2D eigenvalue weighted by Gasteiger charge is -2.30. The van der Waals surface area contributed by atoms with Crippen molar-refractivity contribution in [2.75, 3.05) is 48.4 Å². The fourth-order valence-corrected chi connectivity index (χ4v) is 3.44. The molecule has 1 saturated heterocycles. The Morgan fingerprint density at radius 3 is 2.82 bits per heavy atom. The normalized spacial score (nSPS) is 16.1. The van der Waals surface area contributed by atoms with Crippen molar-refractivity contribution >= 4 is 28.9 Å². The fraction of sp³-hybridized carbons (Fsp3) is 0.333. The summed E-state index contributed by atoms with van der Waals surface area (Å²) in [7, 11) is 0. The van der Waals surface area contributed by atoms with Crippen molar-refractivity contribution in [3.63, 3.8) is 0 Å². The van der Waals surface area contributed by atoms with Gasteiger partial charge in [-0.1, -0.05) is 12.1 Å². The Hall–Kier alpha value is -3.06. The second-order valence-electron chi connectivity index (χ2n) is 6.82. The third-order valence-corrected chi connectivity index (χ3v) is 4.87. The number of benzene rings is 2. The molecule has 1 fully saturated rings. The number of carbonyl (C=O) groups is 2. The highest BCUT2D eigenvalue weighted by Crippen LogP contribution is 2.28. The molecule has 0 atom stereocenters. The molecule has 2 amide bonds. The van der Waals surface area contributed by atoms with Crippen LogP contribution in [0.3, 0.4) is 0 Å². The van der Waals surface area contributed by atoms with Crippen molar-refractivity contribution in [1.29, 1.82) is 0 Å². The Balaban J connectivity index is 1.37. The topological polar surface area (TPSA) is 79.9 Å². The summed E-state index contributed by atoms with van der Waals surface area (Å²) in [6.07, 6.45) is 1.15. The molecule has 2 aromatic rings. The number of anilines is 3. The summed E-state index contributed by atoms with van der Waals surface area (Å²) < 4.78 is 11.1. The number of morpholine rings is 1. The molecule has 7 heteroatoms. The van der Waals surface area contributed by atoms with Gasteiger partial charge in [-0.15, -0.1) is 0 Å². The smallest absolute Gasteiger partial charge is 0.262 e. The largest absolute Gasteiger partial charge is 0.484 e. The summed E-state index contributed by atoms with van der Waals surface area (Å²) >= 11 is 0. The first-order valence-electron chi connectivity index (χ1n) is 9.46. The minimum atomic E-state index is -0.216. The number of amides is 2. The van der Waals surface area contributed by atoms with Gasteiger partial charge < -0.3 is 25.0 Å². The van der Waals surface area contributed by atoms with Gasteiger partial charge in [0.15, 0.2) is 6.61 Å². The molecule has 2 N–H and O–H groups in total. The van der Waals surface area contributed by atoms with Crippen LogP contribution in [0.1, 0.15) is 12.0 Å². The van der Waals surface area contributed by atoms with E-state index in [2.05, 4.69) is 15.5 Å². The molecule has 0 saturated carbocycles. The Labute approximate surface area is 163 Å².